The lowest BCUT2D eigenvalue weighted by Gasteiger charge is -2.28. The minimum absolute atomic E-state index is 0. The third-order valence-electron chi connectivity index (χ3n) is 2.41. The van der Waals surface area contributed by atoms with Gasteiger partial charge in [-0.1, -0.05) is 30.3 Å². The average Bonchev–Trinajstić information content (AvgIpc) is 2.26. The third kappa shape index (κ3) is 7.14. The molecule has 20 heavy (non-hydrogen) atoms. The zero-order valence-corrected chi connectivity index (χ0v) is 13.0. The minimum Gasteiger partial charge on any atom is -0.444 e. The zero-order chi connectivity index (χ0) is 15.2. The van der Waals surface area contributed by atoms with Crippen LogP contribution in [0.15, 0.2) is 30.3 Å². The van der Waals surface area contributed by atoms with Gasteiger partial charge in [0.25, 0.3) is 0 Å². The van der Waals surface area contributed by atoms with E-state index in [0.29, 0.717) is 13.2 Å². The number of hydrogen-bond acceptors (Lipinski definition) is 3. The van der Waals surface area contributed by atoms with Gasteiger partial charge < -0.3 is 14.8 Å². The van der Waals surface area contributed by atoms with E-state index in [2.05, 4.69) is 5.32 Å². The Morgan fingerprint density at radius 3 is 2.30 bits per heavy atom. The number of rotatable bonds is 5. The lowest BCUT2D eigenvalue weighted by atomic mass is 10.1. The third-order valence-corrected chi connectivity index (χ3v) is 2.41. The van der Waals surface area contributed by atoms with Crippen LogP contribution in [0.5, 0.6) is 0 Å². The maximum atomic E-state index is 11.7. The molecule has 0 unspecified atom stereocenters. The molecule has 0 aliphatic heterocycles. The molecule has 0 heterocycles. The monoisotopic (exact) mass is 281 g/mol. The summed E-state index contributed by atoms with van der Waals surface area (Å²) in [6, 6.07) is 9.94. The Morgan fingerprint density at radius 1 is 1.15 bits per heavy atom. The molecule has 0 saturated heterocycles. The fourth-order valence-corrected chi connectivity index (χ4v) is 1.61. The number of carbonyl (C=O) groups excluding carboxylic acids is 1. The Kier molecular flexibility index (Phi) is 5.57. The number of carbonyl (C=O) groups is 1. The van der Waals surface area contributed by atoms with Crippen molar-refractivity contribution in [2.75, 3.05) is 6.61 Å². The molecular formula is C16H27NO3. The van der Waals surface area contributed by atoms with E-state index in [-0.39, 0.29) is 1.43 Å². The predicted molar refractivity (Wildman–Crippen MR) is 81.7 cm³/mol. The largest absolute Gasteiger partial charge is 0.444 e. The van der Waals surface area contributed by atoms with Crippen LogP contribution in [0.2, 0.25) is 0 Å². The predicted octanol–water partition coefficient (Wildman–Crippen LogP) is 3.75. The summed E-state index contributed by atoms with van der Waals surface area (Å²) in [6.45, 7) is 10.3. The second-order valence-corrected chi connectivity index (χ2v) is 6.49. The highest BCUT2D eigenvalue weighted by Gasteiger charge is 2.24. The molecule has 0 aliphatic carbocycles. The van der Waals surface area contributed by atoms with Gasteiger partial charge in [0, 0.05) is 1.43 Å². The van der Waals surface area contributed by atoms with Crippen molar-refractivity contribution in [1.82, 2.24) is 5.32 Å². The average molecular weight is 281 g/mol. The van der Waals surface area contributed by atoms with Crippen LogP contribution in [0.3, 0.4) is 0 Å². The van der Waals surface area contributed by atoms with Crippen molar-refractivity contribution >= 4 is 6.09 Å². The molecule has 0 aliphatic rings. The van der Waals surface area contributed by atoms with E-state index in [1.54, 1.807) is 0 Å². The van der Waals surface area contributed by atoms with E-state index in [1.807, 2.05) is 65.0 Å². The molecule has 114 valence electrons. The van der Waals surface area contributed by atoms with Gasteiger partial charge in [0.15, 0.2) is 0 Å². The first kappa shape index (κ1) is 16.5. The molecule has 0 radical (unpaired) electrons. The van der Waals surface area contributed by atoms with E-state index in [4.69, 9.17) is 9.47 Å². The van der Waals surface area contributed by atoms with Crippen molar-refractivity contribution in [1.29, 1.82) is 0 Å². The lowest BCUT2D eigenvalue weighted by molar-refractivity contribution is 0.0321. The molecule has 1 aromatic carbocycles. The smallest absolute Gasteiger partial charge is 0.408 e. The van der Waals surface area contributed by atoms with Crippen molar-refractivity contribution in [3.63, 3.8) is 0 Å². The van der Waals surface area contributed by atoms with Crippen molar-refractivity contribution in [3.05, 3.63) is 35.9 Å². The highest BCUT2D eigenvalue weighted by molar-refractivity contribution is 5.68. The second kappa shape index (κ2) is 6.75. The van der Waals surface area contributed by atoms with Crippen LogP contribution in [0.25, 0.3) is 0 Å². The molecule has 1 aromatic rings. The Hall–Kier alpha value is -1.55. The molecular weight excluding hydrogens is 254 g/mol. The summed E-state index contributed by atoms with van der Waals surface area (Å²) in [5.41, 5.74) is 0.142. The van der Waals surface area contributed by atoms with Crippen LogP contribution >= 0.6 is 0 Å². The van der Waals surface area contributed by atoms with Gasteiger partial charge in [-0.15, -0.1) is 0 Å². The SMILES string of the molecule is CC(C)(COCc1ccccc1)NC(=O)OC(C)(C)C.[HH]. The van der Waals surface area contributed by atoms with Gasteiger partial charge in [0.2, 0.25) is 0 Å². The van der Waals surface area contributed by atoms with Gasteiger partial charge in [-0.25, -0.2) is 4.79 Å². The maximum absolute atomic E-state index is 11.7. The number of alkyl carbamates (subject to hydrolysis) is 1. The lowest BCUT2D eigenvalue weighted by Crippen LogP contribution is -2.48. The van der Waals surface area contributed by atoms with Gasteiger partial charge >= 0.3 is 6.09 Å². The summed E-state index contributed by atoms with van der Waals surface area (Å²) < 4.78 is 10.9. The Bertz CT molecular complexity index is 427. The summed E-state index contributed by atoms with van der Waals surface area (Å²) in [6.07, 6.45) is -0.425. The first-order valence-electron chi connectivity index (χ1n) is 6.81. The Labute approximate surface area is 123 Å². The molecule has 1 N–H and O–H groups in total. The molecule has 4 nitrogen and oxygen atoms in total. The van der Waals surface area contributed by atoms with Gasteiger partial charge in [-0.3, -0.25) is 0 Å². The van der Waals surface area contributed by atoms with E-state index in [0.717, 1.165) is 5.56 Å². The summed E-state index contributed by atoms with van der Waals surface area (Å²) in [4.78, 5) is 11.7. The number of benzene rings is 1. The molecule has 1 rings (SSSR count). The highest BCUT2D eigenvalue weighted by Crippen LogP contribution is 2.10. The van der Waals surface area contributed by atoms with Crippen molar-refractivity contribution in [2.45, 2.75) is 52.4 Å². The van der Waals surface area contributed by atoms with Crippen LogP contribution in [0.1, 0.15) is 41.6 Å². The van der Waals surface area contributed by atoms with Gasteiger partial charge in [0.05, 0.1) is 18.8 Å². The summed E-state index contributed by atoms with van der Waals surface area (Å²) in [7, 11) is 0. The van der Waals surface area contributed by atoms with Crippen molar-refractivity contribution < 1.29 is 15.7 Å². The van der Waals surface area contributed by atoms with E-state index in [9.17, 15) is 4.79 Å². The number of amides is 1. The normalized spacial score (nSPS) is 12.1. The molecule has 0 fully saturated rings. The molecule has 0 saturated carbocycles. The van der Waals surface area contributed by atoms with Crippen LogP contribution in [0, 0.1) is 0 Å². The second-order valence-electron chi connectivity index (χ2n) is 6.49. The number of nitrogens with one attached hydrogen (secondary N) is 1. The zero-order valence-electron chi connectivity index (χ0n) is 13.0. The van der Waals surface area contributed by atoms with E-state index in [1.165, 1.54) is 0 Å². The van der Waals surface area contributed by atoms with Gasteiger partial charge in [-0.05, 0) is 40.2 Å². The van der Waals surface area contributed by atoms with Crippen LogP contribution in [-0.4, -0.2) is 23.8 Å². The molecule has 0 atom stereocenters. The maximum Gasteiger partial charge on any atom is 0.408 e. The Morgan fingerprint density at radius 2 is 1.75 bits per heavy atom. The van der Waals surface area contributed by atoms with E-state index >= 15 is 0 Å². The molecule has 1 amide bonds. The first-order chi connectivity index (χ1) is 9.18. The van der Waals surface area contributed by atoms with Crippen LogP contribution < -0.4 is 5.32 Å². The quantitative estimate of drug-likeness (QED) is 0.894. The number of hydrogen-bond donors (Lipinski definition) is 1. The Balaban J connectivity index is 0.00000400. The van der Waals surface area contributed by atoms with Gasteiger partial charge in [0.1, 0.15) is 5.60 Å². The first-order valence-corrected chi connectivity index (χ1v) is 6.81. The van der Waals surface area contributed by atoms with Gasteiger partial charge in [-0.2, -0.15) is 0 Å². The molecule has 0 spiro atoms. The fourth-order valence-electron chi connectivity index (χ4n) is 1.61. The standard InChI is InChI=1S/C16H25NO3.H2/c1-15(2,3)20-14(18)17-16(4,5)12-19-11-13-9-7-6-8-10-13;/h6-10H,11-12H2,1-5H3,(H,17,18);1H. The number of ether oxygens (including phenoxy) is 2. The highest BCUT2D eigenvalue weighted by atomic mass is 16.6. The van der Waals surface area contributed by atoms with E-state index < -0.39 is 17.2 Å². The minimum atomic E-state index is -0.495. The topological polar surface area (TPSA) is 47.6 Å². The van der Waals surface area contributed by atoms with Crippen LogP contribution in [0.4, 0.5) is 4.79 Å². The fraction of sp³-hybridized carbons (Fsp3) is 0.562. The van der Waals surface area contributed by atoms with Crippen molar-refractivity contribution in [3.8, 4) is 0 Å². The van der Waals surface area contributed by atoms with Crippen molar-refractivity contribution in [2.24, 2.45) is 0 Å². The summed E-state index contributed by atoms with van der Waals surface area (Å²) >= 11 is 0. The molecule has 0 aromatic heterocycles. The van der Waals surface area contributed by atoms with Crippen LogP contribution in [-0.2, 0) is 16.1 Å². The molecule has 4 heteroatoms. The summed E-state index contributed by atoms with van der Waals surface area (Å²) in [5.74, 6) is 0. The summed E-state index contributed by atoms with van der Waals surface area (Å²) in [5, 5.41) is 2.81. The molecule has 0 bridgehead atoms.